The van der Waals surface area contributed by atoms with E-state index in [2.05, 4.69) is 4.98 Å². The molecule has 1 fully saturated rings. The lowest BCUT2D eigenvalue weighted by molar-refractivity contribution is -0.107. The molecule has 1 aromatic heterocycles. The Kier molecular flexibility index (Phi) is 3.81. The Labute approximate surface area is 127 Å². The van der Waals surface area contributed by atoms with Crippen LogP contribution in [0.25, 0.3) is 0 Å². The molecular formula is C16H14ClNOS. The van der Waals surface area contributed by atoms with Crippen LogP contribution in [-0.4, -0.2) is 16.5 Å². The number of carbonyl (C=O) groups is 1. The van der Waals surface area contributed by atoms with E-state index in [0.29, 0.717) is 0 Å². The van der Waals surface area contributed by atoms with Crippen LogP contribution in [0.2, 0.25) is 5.02 Å². The van der Waals surface area contributed by atoms with Crippen LogP contribution in [0.15, 0.2) is 53.7 Å². The average molecular weight is 304 g/mol. The largest absolute Gasteiger partial charge is 0.302 e. The van der Waals surface area contributed by atoms with Crippen LogP contribution in [0.1, 0.15) is 18.4 Å². The fourth-order valence-corrected chi connectivity index (χ4v) is 3.79. The van der Waals surface area contributed by atoms with Gasteiger partial charge in [-0.05, 0) is 42.7 Å². The van der Waals surface area contributed by atoms with Crippen LogP contribution in [0.5, 0.6) is 0 Å². The molecule has 2 aromatic rings. The zero-order valence-corrected chi connectivity index (χ0v) is 12.4. The number of thioether (sulfide) groups is 1. The number of hydrogen-bond donors (Lipinski definition) is 0. The molecule has 3 rings (SSSR count). The molecule has 0 aliphatic heterocycles. The predicted molar refractivity (Wildman–Crippen MR) is 82.3 cm³/mol. The van der Waals surface area contributed by atoms with Crippen molar-refractivity contribution in [2.45, 2.75) is 28.5 Å². The highest BCUT2D eigenvalue weighted by molar-refractivity contribution is 8.00. The molecule has 20 heavy (non-hydrogen) atoms. The first-order valence-electron chi connectivity index (χ1n) is 6.54. The predicted octanol–water partition coefficient (Wildman–Crippen LogP) is 4.13. The Bertz CT molecular complexity index is 596. The molecule has 1 atom stereocenters. The van der Waals surface area contributed by atoms with Gasteiger partial charge in [0.15, 0.2) is 0 Å². The molecule has 1 aliphatic carbocycles. The highest BCUT2D eigenvalue weighted by Gasteiger charge is 2.51. The van der Waals surface area contributed by atoms with Gasteiger partial charge in [-0.3, -0.25) is 0 Å². The van der Waals surface area contributed by atoms with Gasteiger partial charge in [-0.25, -0.2) is 4.98 Å². The molecule has 0 bridgehead atoms. The van der Waals surface area contributed by atoms with E-state index in [1.165, 1.54) is 5.56 Å². The summed E-state index contributed by atoms with van der Waals surface area (Å²) in [5, 5.41) is 1.52. The lowest BCUT2D eigenvalue weighted by atomic mass is 9.93. The third-order valence-corrected chi connectivity index (χ3v) is 5.31. The summed E-state index contributed by atoms with van der Waals surface area (Å²) in [6.45, 7) is 0. The quantitative estimate of drug-likeness (QED) is 0.614. The third-order valence-electron chi connectivity index (χ3n) is 3.76. The van der Waals surface area contributed by atoms with Crippen LogP contribution in [-0.2, 0) is 10.2 Å². The maximum absolute atomic E-state index is 11.6. The van der Waals surface area contributed by atoms with E-state index in [1.54, 1.807) is 18.0 Å². The van der Waals surface area contributed by atoms with Crippen molar-refractivity contribution in [3.05, 3.63) is 59.2 Å². The van der Waals surface area contributed by atoms with Crippen molar-refractivity contribution in [3.8, 4) is 0 Å². The summed E-state index contributed by atoms with van der Waals surface area (Å²) in [6, 6.07) is 13.6. The van der Waals surface area contributed by atoms with Gasteiger partial charge in [-0.1, -0.05) is 41.6 Å². The Morgan fingerprint density at radius 3 is 2.50 bits per heavy atom. The summed E-state index contributed by atoms with van der Waals surface area (Å²) in [6.07, 6.45) is 4.89. The number of pyridine rings is 1. The normalized spacial score (nSPS) is 17.4. The van der Waals surface area contributed by atoms with Crippen LogP contribution in [0, 0.1) is 0 Å². The summed E-state index contributed by atoms with van der Waals surface area (Å²) in [4.78, 5) is 15.9. The van der Waals surface area contributed by atoms with Gasteiger partial charge in [0.05, 0.1) is 10.3 Å². The molecule has 1 unspecified atom stereocenters. The molecule has 0 amide bonds. The number of nitrogens with zero attached hydrogens (tertiary/aromatic N) is 1. The summed E-state index contributed by atoms with van der Waals surface area (Å²) < 4.78 is 0. The van der Waals surface area contributed by atoms with E-state index in [4.69, 9.17) is 11.6 Å². The summed E-state index contributed by atoms with van der Waals surface area (Å²) in [7, 11) is 0. The molecule has 0 N–H and O–H groups in total. The molecule has 1 aromatic carbocycles. The fraction of sp³-hybridized carbons (Fsp3) is 0.250. The number of aldehydes is 1. The second kappa shape index (κ2) is 5.58. The number of aromatic nitrogens is 1. The topological polar surface area (TPSA) is 30.0 Å². The zero-order chi connectivity index (χ0) is 14.0. The van der Waals surface area contributed by atoms with Crippen molar-refractivity contribution in [1.29, 1.82) is 0 Å². The average Bonchev–Trinajstić information content (AvgIpc) is 3.28. The van der Waals surface area contributed by atoms with E-state index >= 15 is 0 Å². The first-order valence-corrected chi connectivity index (χ1v) is 7.79. The van der Waals surface area contributed by atoms with E-state index in [0.717, 1.165) is 29.2 Å². The van der Waals surface area contributed by atoms with Gasteiger partial charge in [0.1, 0.15) is 6.29 Å². The van der Waals surface area contributed by atoms with Gasteiger partial charge in [-0.2, -0.15) is 0 Å². The molecule has 0 saturated heterocycles. The lowest BCUT2D eigenvalue weighted by Crippen LogP contribution is -2.24. The molecule has 1 heterocycles. The van der Waals surface area contributed by atoms with Crippen LogP contribution < -0.4 is 0 Å². The second-order valence-corrected chi connectivity index (χ2v) is 6.60. The minimum atomic E-state index is -0.0985. The Balaban J connectivity index is 1.85. The molecule has 0 spiro atoms. The third kappa shape index (κ3) is 2.60. The zero-order valence-electron chi connectivity index (χ0n) is 10.8. The summed E-state index contributed by atoms with van der Waals surface area (Å²) >= 11 is 7.49. The maximum Gasteiger partial charge on any atom is 0.134 e. The fourth-order valence-electron chi connectivity index (χ4n) is 2.47. The molecule has 4 heteroatoms. The first kappa shape index (κ1) is 13.7. The van der Waals surface area contributed by atoms with Crippen molar-refractivity contribution in [1.82, 2.24) is 4.98 Å². The molecule has 0 radical (unpaired) electrons. The highest BCUT2D eigenvalue weighted by atomic mass is 35.5. The SMILES string of the molecule is O=CC(Sc1ccccn1)C1(c2ccc(Cl)cc2)CC1. The minimum Gasteiger partial charge on any atom is -0.302 e. The van der Waals surface area contributed by atoms with Crippen LogP contribution in [0.4, 0.5) is 0 Å². The number of rotatable bonds is 5. The standard InChI is InChI=1S/C16H14ClNOS/c17-13-6-4-12(5-7-13)16(8-9-16)14(11-19)20-15-3-1-2-10-18-15/h1-7,10-11,14H,8-9H2. The van der Waals surface area contributed by atoms with Crippen molar-refractivity contribution < 1.29 is 4.79 Å². The number of benzene rings is 1. The second-order valence-electron chi connectivity index (χ2n) is 5.01. The van der Waals surface area contributed by atoms with E-state index in [9.17, 15) is 4.79 Å². The van der Waals surface area contributed by atoms with Crippen molar-refractivity contribution in [3.63, 3.8) is 0 Å². The number of carbonyl (C=O) groups excluding carboxylic acids is 1. The molecule has 1 aliphatic rings. The minimum absolute atomic E-state index is 0.0471. The van der Waals surface area contributed by atoms with Gasteiger partial charge in [0, 0.05) is 16.6 Å². The van der Waals surface area contributed by atoms with Gasteiger partial charge < -0.3 is 4.79 Å². The van der Waals surface area contributed by atoms with E-state index in [-0.39, 0.29) is 10.7 Å². The molecule has 1 saturated carbocycles. The molecule has 102 valence electrons. The van der Waals surface area contributed by atoms with Crippen molar-refractivity contribution in [2.75, 3.05) is 0 Å². The monoisotopic (exact) mass is 303 g/mol. The van der Waals surface area contributed by atoms with Crippen molar-refractivity contribution >= 4 is 29.6 Å². The number of halogens is 1. The van der Waals surface area contributed by atoms with Gasteiger partial charge in [-0.15, -0.1) is 0 Å². The van der Waals surface area contributed by atoms with Gasteiger partial charge in [0.25, 0.3) is 0 Å². The van der Waals surface area contributed by atoms with Gasteiger partial charge >= 0.3 is 0 Å². The van der Waals surface area contributed by atoms with Crippen LogP contribution in [0.3, 0.4) is 0 Å². The summed E-state index contributed by atoms with van der Waals surface area (Å²) in [5.41, 5.74) is 1.15. The van der Waals surface area contributed by atoms with Crippen molar-refractivity contribution in [2.24, 2.45) is 0 Å². The maximum atomic E-state index is 11.6. The van der Waals surface area contributed by atoms with E-state index < -0.39 is 0 Å². The van der Waals surface area contributed by atoms with Crippen LogP contribution >= 0.6 is 23.4 Å². The Morgan fingerprint density at radius 2 is 1.95 bits per heavy atom. The molecule has 2 nitrogen and oxygen atoms in total. The number of hydrogen-bond acceptors (Lipinski definition) is 3. The Morgan fingerprint density at radius 1 is 1.20 bits per heavy atom. The smallest absolute Gasteiger partial charge is 0.134 e. The Hall–Kier alpha value is -1.32. The van der Waals surface area contributed by atoms with Gasteiger partial charge in [0.2, 0.25) is 0 Å². The molecular weight excluding hydrogens is 290 g/mol. The summed E-state index contributed by atoms with van der Waals surface area (Å²) in [5.74, 6) is 0. The highest BCUT2D eigenvalue weighted by Crippen LogP contribution is 2.55. The van der Waals surface area contributed by atoms with E-state index in [1.807, 2.05) is 42.5 Å². The first-order chi connectivity index (χ1) is 9.74. The lowest BCUT2D eigenvalue weighted by Gasteiger charge is -2.22.